The average molecular weight is 317 g/mol. The van der Waals surface area contributed by atoms with E-state index in [4.69, 9.17) is 5.11 Å². The molecule has 0 unspecified atom stereocenters. The van der Waals surface area contributed by atoms with Gasteiger partial charge in [-0.15, -0.1) is 0 Å². The lowest BCUT2D eigenvalue weighted by atomic mass is 10.2. The van der Waals surface area contributed by atoms with Crippen molar-refractivity contribution in [2.75, 3.05) is 25.5 Å². The highest BCUT2D eigenvalue weighted by Crippen LogP contribution is 2.20. The topological polar surface area (TPSA) is 104 Å². The number of carbonyl (C=O) groups excluding carboxylic acids is 1. The molecule has 0 spiro atoms. The van der Waals surface area contributed by atoms with Gasteiger partial charge in [0.25, 0.3) is 5.91 Å². The number of anilines is 1. The molecule has 3 heterocycles. The molecule has 23 heavy (non-hydrogen) atoms. The van der Waals surface area contributed by atoms with E-state index in [1.54, 1.807) is 41.0 Å². The zero-order chi connectivity index (χ0) is 16.4. The van der Waals surface area contributed by atoms with Gasteiger partial charge in [-0.05, 0) is 18.2 Å². The predicted octanol–water partition coefficient (Wildman–Crippen LogP) is 0.00150. The van der Waals surface area contributed by atoms with E-state index in [1.165, 1.54) is 0 Å². The van der Waals surface area contributed by atoms with Crippen LogP contribution in [-0.4, -0.2) is 56.0 Å². The molecule has 1 amide bonds. The zero-order valence-electron chi connectivity index (χ0n) is 12.8. The van der Waals surface area contributed by atoms with Gasteiger partial charge in [-0.3, -0.25) is 9.48 Å². The summed E-state index contributed by atoms with van der Waals surface area (Å²) in [7, 11) is 1.75. The van der Waals surface area contributed by atoms with Crippen molar-refractivity contribution in [3.05, 3.63) is 41.3 Å². The Morgan fingerprint density at radius 1 is 1.43 bits per heavy atom. The third-order valence-corrected chi connectivity index (χ3v) is 3.88. The number of aromatic nitrogens is 3. The molecule has 0 saturated carbocycles. The molecule has 3 N–H and O–H groups in total. The van der Waals surface area contributed by atoms with Crippen LogP contribution in [-0.2, 0) is 13.1 Å². The number of hydrogen-bond donors (Lipinski definition) is 3. The van der Waals surface area contributed by atoms with Crippen molar-refractivity contribution < 1.29 is 15.0 Å². The zero-order valence-corrected chi connectivity index (χ0v) is 12.8. The molecule has 0 aliphatic carbocycles. The highest BCUT2D eigenvalue weighted by atomic mass is 16.3. The lowest BCUT2D eigenvalue weighted by Crippen LogP contribution is -2.38. The number of amides is 1. The Morgan fingerprint density at radius 2 is 2.26 bits per heavy atom. The number of carbonyl (C=O) groups is 1. The Hall–Kier alpha value is -2.45. The smallest absolute Gasteiger partial charge is 0.254 e. The number of aliphatic hydroxyl groups is 2. The van der Waals surface area contributed by atoms with Crippen molar-refractivity contribution >= 4 is 11.7 Å². The van der Waals surface area contributed by atoms with E-state index in [9.17, 15) is 9.90 Å². The summed E-state index contributed by atoms with van der Waals surface area (Å²) in [5.74, 6) is 0.576. The van der Waals surface area contributed by atoms with Crippen molar-refractivity contribution in [2.45, 2.75) is 19.2 Å². The van der Waals surface area contributed by atoms with Crippen LogP contribution in [0.3, 0.4) is 0 Å². The van der Waals surface area contributed by atoms with Crippen LogP contribution in [0.25, 0.3) is 0 Å². The lowest BCUT2D eigenvalue weighted by Gasteiger charge is -2.27. The van der Waals surface area contributed by atoms with Gasteiger partial charge in [-0.1, -0.05) is 0 Å². The van der Waals surface area contributed by atoms with E-state index in [2.05, 4.69) is 15.4 Å². The Kier molecular flexibility index (Phi) is 4.26. The van der Waals surface area contributed by atoms with Gasteiger partial charge >= 0.3 is 0 Å². The monoisotopic (exact) mass is 317 g/mol. The van der Waals surface area contributed by atoms with Crippen molar-refractivity contribution in [3.8, 4) is 0 Å². The van der Waals surface area contributed by atoms with Gasteiger partial charge in [0.1, 0.15) is 11.9 Å². The molecule has 0 radical (unpaired) electrons. The summed E-state index contributed by atoms with van der Waals surface area (Å²) in [5.41, 5.74) is 1.85. The molecule has 8 heteroatoms. The van der Waals surface area contributed by atoms with E-state index in [-0.39, 0.29) is 12.5 Å². The highest BCUT2D eigenvalue weighted by Gasteiger charge is 2.24. The number of nitrogens with one attached hydrogen (secondary N) is 1. The highest BCUT2D eigenvalue weighted by molar-refractivity contribution is 5.94. The van der Waals surface area contributed by atoms with Crippen LogP contribution in [0.1, 0.15) is 27.8 Å². The second-order valence-electron chi connectivity index (χ2n) is 5.39. The van der Waals surface area contributed by atoms with Gasteiger partial charge in [-0.2, -0.15) is 5.10 Å². The summed E-state index contributed by atoms with van der Waals surface area (Å²) in [6, 6.07) is 5.14. The Bertz CT molecular complexity index is 715. The number of rotatable bonds is 4. The largest absolute Gasteiger partial charge is 0.393 e. The first kappa shape index (κ1) is 15.4. The minimum Gasteiger partial charge on any atom is -0.393 e. The summed E-state index contributed by atoms with van der Waals surface area (Å²) in [5, 5.41) is 25.9. The number of aliphatic hydroxyl groups excluding tert-OH is 2. The van der Waals surface area contributed by atoms with Crippen LogP contribution in [0.2, 0.25) is 0 Å². The summed E-state index contributed by atoms with van der Waals surface area (Å²) in [6.07, 6.45) is 0.610. The molecule has 8 nitrogen and oxygen atoms in total. The van der Waals surface area contributed by atoms with Crippen molar-refractivity contribution in [2.24, 2.45) is 0 Å². The molecular formula is C15H19N5O3. The van der Waals surface area contributed by atoms with Crippen molar-refractivity contribution in [3.63, 3.8) is 0 Å². The van der Waals surface area contributed by atoms with E-state index >= 15 is 0 Å². The summed E-state index contributed by atoms with van der Waals surface area (Å²) in [4.78, 5) is 18.5. The first-order valence-electron chi connectivity index (χ1n) is 7.41. The molecule has 122 valence electrons. The van der Waals surface area contributed by atoms with E-state index < -0.39 is 6.10 Å². The number of hydrogen-bond acceptors (Lipinski definition) is 6. The van der Waals surface area contributed by atoms with Gasteiger partial charge in [0.05, 0.1) is 31.1 Å². The fourth-order valence-corrected chi connectivity index (χ4v) is 2.60. The van der Waals surface area contributed by atoms with Crippen LogP contribution in [0.15, 0.2) is 24.4 Å². The SMILES string of the molecule is CNc1cc(C(=O)N2CCn3nc([C@@H](O)CO)cc3C2)ccn1. The predicted molar refractivity (Wildman–Crippen MR) is 82.8 cm³/mol. The van der Waals surface area contributed by atoms with Crippen molar-refractivity contribution in [1.82, 2.24) is 19.7 Å². The minimum atomic E-state index is -0.990. The molecular weight excluding hydrogens is 298 g/mol. The van der Waals surface area contributed by atoms with Gasteiger partial charge in [-0.25, -0.2) is 4.98 Å². The Morgan fingerprint density at radius 3 is 3.00 bits per heavy atom. The second kappa shape index (κ2) is 6.35. The van der Waals surface area contributed by atoms with E-state index in [1.807, 2.05) is 0 Å². The third-order valence-electron chi connectivity index (χ3n) is 3.88. The van der Waals surface area contributed by atoms with E-state index in [0.717, 1.165) is 5.69 Å². The maximum atomic E-state index is 12.6. The number of nitrogens with zero attached hydrogens (tertiary/aromatic N) is 4. The molecule has 0 bridgehead atoms. The maximum Gasteiger partial charge on any atom is 0.254 e. The number of fused-ring (bicyclic) bond motifs is 1. The van der Waals surface area contributed by atoms with Crippen LogP contribution in [0.4, 0.5) is 5.82 Å². The molecule has 1 aliphatic heterocycles. The summed E-state index contributed by atoms with van der Waals surface area (Å²) < 4.78 is 1.77. The Labute approximate surface area is 133 Å². The van der Waals surface area contributed by atoms with Crippen LogP contribution < -0.4 is 5.32 Å². The van der Waals surface area contributed by atoms with Crippen LogP contribution in [0.5, 0.6) is 0 Å². The molecule has 0 saturated heterocycles. The third kappa shape index (κ3) is 3.03. The quantitative estimate of drug-likeness (QED) is 0.733. The maximum absolute atomic E-state index is 12.6. The van der Waals surface area contributed by atoms with Gasteiger partial charge < -0.3 is 20.4 Å². The van der Waals surface area contributed by atoms with Crippen molar-refractivity contribution in [1.29, 1.82) is 0 Å². The normalized spacial score (nSPS) is 15.2. The molecule has 0 aromatic carbocycles. The summed E-state index contributed by atoms with van der Waals surface area (Å²) >= 11 is 0. The molecule has 1 atom stereocenters. The average Bonchev–Trinajstić information content (AvgIpc) is 3.03. The standard InChI is InChI=1S/C15H19N5O3/c1-16-14-6-10(2-3-17-14)15(23)19-4-5-20-11(8-19)7-12(18-20)13(22)9-21/h2-3,6-7,13,21-22H,4-5,8-9H2,1H3,(H,16,17)/t13-/m0/s1. The van der Waals surface area contributed by atoms with Gasteiger partial charge in [0.2, 0.25) is 0 Å². The summed E-state index contributed by atoms with van der Waals surface area (Å²) in [6.45, 7) is 1.15. The fourth-order valence-electron chi connectivity index (χ4n) is 2.60. The second-order valence-corrected chi connectivity index (χ2v) is 5.39. The Balaban J connectivity index is 1.78. The van der Waals surface area contributed by atoms with Crippen LogP contribution in [0, 0.1) is 0 Å². The molecule has 2 aromatic heterocycles. The fraction of sp³-hybridized carbons (Fsp3) is 0.400. The van der Waals surface area contributed by atoms with Crippen LogP contribution >= 0.6 is 0 Å². The molecule has 2 aromatic rings. The number of pyridine rings is 1. The minimum absolute atomic E-state index is 0.0689. The van der Waals surface area contributed by atoms with E-state index in [0.29, 0.717) is 36.7 Å². The first-order valence-corrected chi connectivity index (χ1v) is 7.41. The first-order chi connectivity index (χ1) is 11.1. The molecule has 3 rings (SSSR count). The lowest BCUT2D eigenvalue weighted by molar-refractivity contribution is 0.0704. The van der Waals surface area contributed by atoms with Gasteiger partial charge in [0, 0.05) is 25.4 Å². The van der Waals surface area contributed by atoms with Gasteiger partial charge in [0.15, 0.2) is 0 Å². The molecule has 0 fully saturated rings. The molecule has 1 aliphatic rings.